The second-order valence-corrected chi connectivity index (χ2v) is 12.7. The molecule has 1 fully saturated rings. The summed E-state index contributed by atoms with van der Waals surface area (Å²) >= 11 is 0. The van der Waals surface area contributed by atoms with Crippen LogP contribution in [0.1, 0.15) is 48.2 Å². The number of nitrogens with two attached hydrogens (primary N) is 1. The number of amides is 1. The number of primary amides is 1. The topological polar surface area (TPSA) is 174 Å². The van der Waals surface area contributed by atoms with Gasteiger partial charge >= 0.3 is 0 Å². The van der Waals surface area contributed by atoms with E-state index in [0.717, 1.165) is 25.1 Å². The van der Waals surface area contributed by atoms with Gasteiger partial charge < -0.3 is 30.9 Å². The van der Waals surface area contributed by atoms with Crippen LogP contribution in [0, 0.1) is 11.8 Å². The average molecular weight is 592 g/mol. The van der Waals surface area contributed by atoms with Gasteiger partial charge in [0.1, 0.15) is 28.6 Å². The molecule has 1 aliphatic heterocycles. The van der Waals surface area contributed by atoms with E-state index < -0.39 is 58.0 Å². The Labute approximate surface area is 248 Å². The number of likely N-dealkylation sites (tertiary alicyclic amines) is 1. The Morgan fingerprint density at radius 1 is 1.16 bits per heavy atom. The number of fused-ring (bicyclic) bond motifs is 4. The van der Waals surface area contributed by atoms with Crippen LogP contribution in [-0.2, 0) is 22.6 Å². The first-order valence-corrected chi connectivity index (χ1v) is 14.6. The van der Waals surface area contributed by atoms with Gasteiger partial charge in [-0.05, 0) is 77.8 Å². The van der Waals surface area contributed by atoms with Crippen molar-refractivity contribution in [2.75, 3.05) is 27.2 Å². The van der Waals surface area contributed by atoms with E-state index in [1.807, 2.05) is 32.0 Å². The van der Waals surface area contributed by atoms with Crippen molar-refractivity contribution in [2.24, 2.45) is 17.6 Å². The Hall–Kier alpha value is -3.93. The highest BCUT2D eigenvalue weighted by molar-refractivity contribution is 6.25. The molecule has 3 aliphatic carbocycles. The van der Waals surface area contributed by atoms with Crippen molar-refractivity contribution in [1.29, 1.82) is 0 Å². The fourth-order valence-corrected chi connectivity index (χ4v) is 7.39. The smallest absolute Gasteiger partial charge is 0.255 e. The first-order chi connectivity index (χ1) is 20.3. The van der Waals surface area contributed by atoms with Crippen molar-refractivity contribution in [3.05, 3.63) is 57.6 Å². The summed E-state index contributed by atoms with van der Waals surface area (Å²) in [5, 5.41) is 47.1. The maximum absolute atomic E-state index is 14.3. The zero-order valence-electron chi connectivity index (χ0n) is 24.7. The lowest BCUT2D eigenvalue weighted by Crippen LogP contribution is -2.63. The summed E-state index contributed by atoms with van der Waals surface area (Å²) in [7, 11) is 3.20. The van der Waals surface area contributed by atoms with Crippen LogP contribution < -0.4 is 10.5 Å². The van der Waals surface area contributed by atoms with E-state index in [-0.39, 0.29) is 35.8 Å². The Kier molecular flexibility index (Phi) is 6.83. The van der Waals surface area contributed by atoms with Crippen LogP contribution in [0.15, 0.2) is 40.9 Å². The maximum atomic E-state index is 14.3. The van der Waals surface area contributed by atoms with Crippen molar-refractivity contribution in [1.82, 2.24) is 9.80 Å². The molecule has 0 radical (unpaired) electrons. The van der Waals surface area contributed by atoms with Gasteiger partial charge in [-0.25, -0.2) is 0 Å². The molecule has 43 heavy (non-hydrogen) atoms. The van der Waals surface area contributed by atoms with E-state index in [1.54, 1.807) is 14.1 Å². The molecule has 4 aliphatic rings. The van der Waals surface area contributed by atoms with Gasteiger partial charge in [-0.3, -0.25) is 24.2 Å². The number of hydrogen-bond acceptors (Lipinski definition) is 10. The molecule has 0 spiro atoms. The Bertz CT molecular complexity index is 1650. The van der Waals surface area contributed by atoms with Crippen molar-refractivity contribution in [3.8, 4) is 11.5 Å². The first-order valence-electron chi connectivity index (χ1n) is 14.6. The minimum atomic E-state index is -2.68. The molecule has 11 nitrogen and oxygen atoms in total. The highest BCUT2D eigenvalue weighted by atomic mass is 16.5. The number of ketones is 2. The summed E-state index contributed by atoms with van der Waals surface area (Å²) in [6.45, 7) is 6.41. The number of carbonyl (C=O) groups excluding carboxylic acids is 3. The molecule has 0 aromatic heterocycles. The molecule has 1 amide bonds. The normalized spacial score (nSPS) is 27.4. The lowest BCUT2D eigenvalue weighted by Gasteiger charge is -2.50. The number of Topliss-reactive ketones (excluding diaryl/α,β-unsaturated/α-hetero) is 2. The first kappa shape index (κ1) is 29.2. The fourth-order valence-electron chi connectivity index (χ4n) is 7.39. The van der Waals surface area contributed by atoms with Gasteiger partial charge in [0.05, 0.1) is 17.7 Å². The van der Waals surface area contributed by atoms with Gasteiger partial charge in [0.15, 0.2) is 11.4 Å². The van der Waals surface area contributed by atoms with E-state index >= 15 is 0 Å². The third-order valence-corrected chi connectivity index (χ3v) is 9.42. The van der Waals surface area contributed by atoms with Crippen molar-refractivity contribution < 1.29 is 39.5 Å². The summed E-state index contributed by atoms with van der Waals surface area (Å²) < 4.78 is 6.29. The predicted octanol–water partition coefficient (Wildman–Crippen LogP) is 2.27. The second-order valence-electron chi connectivity index (χ2n) is 12.7. The van der Waals surface area contributed by atoms with Crippen LogP contribution in [0.2, 0.25) is 0 Å². The Morgan fingerprint density at radius 2 is 1.86 bits per heavy atom. The number of aliphatic hydroxyl groups is 3. The summed E-state index contributed by atoms with van der Waals surface area (Å²) in [6.07, 6.45) is 1.06. The van der Waals surface area contributed by atoms with Crippen molar-refractivity contribution >= 4 is 28.2 Å². The molecule has 2 aromatic carbocycles. The number of rotatable bonds is 6. The van der Waals surface area contributed by atoms with Gasteiger partial charge in [-0.15, -0.1) is 0 Å². The van der Waals surface area contributed by atoms with Crippen LogP contribution in [0.3, 0.4) is 0 Å². The standard InChI is InChI=1S/C32H37N3O8/c1-14(2)43-28-17-7-6-15(13-35-8-5-9-35)10-18(17)25(36)22-19(28)11-16-12-20-24(34(3)4)27(38)23(31(33)41)30(40)32(20,42)29(39)21(16)26(22)37/h6-7,10,14,16,20,24,36,38-39,42H,5,8-9,11-13H2,1-4H3,(H2,33,41)/t16-,20-,24-,32-/m0/s1. The number of phenolic OH excluding ortho intramolecular Hbond substituents is 1. The molecule has 0 unspecified atom stereocenters. The van der Waals surface area contributed by atoms with Gasteiger partial charge in [0.2, 0.25) is 5.78 Å². The van der Waals surface area contributed by atoms with E-state index in [0.29, 0.717) is 28.6 Å². The van der Waals surface area contributed by atoms with Gasteiger partial charge in [0.25, 0.3) is 5.91 Å². The molecule has 0 saturated carbocycles. The zero-order chi connectivity index (χ0) is 31.1. The maximum Gasteiger partial charge on any atom is 0.255 e. The summed E-state index contributed by atoms with van der Waals surface area (Å²) in [6, 6.07) is 4.67. The molecule has 6 N–H and O–H groups in total. The molecular weight excluding hydrogens is 554 g/mol. The SMILES string of the molecule is CC(C)Oc1c2c(c(O)c3cc(CN4CCC4)ccc13)C(=O)C1=C(O)[C@]3(O)C(=O)C(C(N)=O)=C(O)[C@@H](N(C)C)[C@@H]3C[C@@H]1C2. The van der Waals surface area contributed by atoms with E-state index in [1.165, 1.54) is 4.90 Å². The monoisotopic (exact) mass is 591 g/mol. The number of aromatic hydroxyl groups is 1. The summed E-state index contributed by atoms with van der Waals surface area (Å²) in [5.74, 6) is -6.30. The largest absolute Gasteiger partial charge is 0.510 e. The molecule has 1 heterocycles. The number of allylic oxidation sites excluding steroid dienone is 1. The lowest BCUT2D eigenvalue weighted by molar-refractivity contribution is -0.148. The number of nitrogens with zero attached hydrogens (tertiary/aromatic N) is 2. The van der Waals surface area contributed by atoms with Gasteiger partial charge in [0, 0.05) is 34.4 Å². The van der Waals surface area contributed by atoms with Crippen LogP contribution in [0.25, 0.3) is 10.8 Å². The third kappa shape index (κ3) is 4.16. The predicted molar refractivity (Wildman–Crippen MR) is 157 cm³/mol. The van der Waals surface area contributed by atoms with Gasteiger partial charge in [-0.2, -0.15) is 0 Å². The summed E-state index contributed by atoms with van der Waals surface area (Å²) in [5.41, 5.74) is 3.11. The minimum Gasteiger partial charge on any atom is -0.510 e. The third-order valence-electron chi connectivity index (χ3n) is 9.42. The molecule has 2 aromatic rings. The lowest BCUT2D eigenvalue weighted by atomic mass is 9.58. The van der Waals surface area contributed by atoms with Crippen LogP contribution in [-0.4, -0.2) is 92.6 Å². The van der Waals surface area contributed by atoms with Crippen molar-refractivity contribution in [2.45, 2.75) is 57.4 Å². The molecule has 6 rings (SSSR count). The molecule has 228 valence electrons. The zero-order valence-corrected chi connectivity index (χ0v) is 24.7. The molecule has 11 heteroatoms. The molecule has 0 bridgehead atoms. The highest BCUT2D eigenvalue weighted by Gasteiger charge is 2.63. The van der Waals surface area contributed by atoms with Crippen molar-refractivity contribution in [3.63, 3.8) is 0 Å². The number of hydrogen-bond donors (Lipinski definition) is 5. The van der Waals surface area contributed by atoms with E-state index in [4.69, 9.17) is 10.5 Å². The van der Waals surface area contributed by atoms with Crippen LogP contribution in [0.4, 0.5) is 0 Å². The number of aliphatic hydroxyl groups excluding tert-OH is 2. The quantitative estimate of drug-likeness (QED) is 0.314. The van der Waals surface area contributed by atoms with Crippen LogP contribution in [0.5, 0.6) is 11.5 Å². The Morgan fingerprint density at radius 3 is 2.44 bits per heavy atom. The number of ether oxygens (including phenoxy) is 1. The molecular formula is C32H37N3O8. The van der Waals surface area contributed by atoms with E-state index in [9.17, 15) is 34.8 Å². The fraction of sp³-hybridized carbons (Fsp3) is 0.469. The molecule has 1 saturated heterocycles. The van der Waals surface area contributed by atoms with Gasteiger partial charge in [-0.1, -0.05) is 12.1 Å². The second kappa shape index (κ2) is 10.1. The Balaban J connectivity index is 1.56. The number of phenols is 1. The average Bonchev–Trinajstić information content (AvgIpc) is 2.90. The number of benzene rings is 2. The number of likely N-dealkylation sites (N-methyl/N-ethyl adjacent to an activating group) is 1. The minimum absolute atomic E-state index is 0.0143. The highest BCUT2D eigenvalue weighted by Crippen LogP contribution is 2.54. The molecule has 4 atom stereocenters. The van der Waals surface area contributed by atoms with E-state index in [2.05, 4.69) is 4.90 Å². The van der Waals surface area contributed by atoms with Crippen LogP contribution >= 0.6 is 0 Å². The number of carbonyl (C=O) groups is 3. The summed E-state index contributed by atoms with van der Waals surface area (Å²) in [4.78, 5) is 43.8.